The zero-order valence-electron chi connectivity index (χ0n) is 16.1. The smallest absolute Gasteiger partial charge is 0.248 e. The van der Waals surface area contributed by atoms with Crippen molar-refractivity contribution in [3.8, 4) is 5.75 Å². The van der Waals surface area contributed by atoms with Gasteiger partial charge in [-0.3, -0.25) is 9.78 Å². The molecule has 0 spiro atoms. The molecule has 0 radical (unpaired) electrons. The van der Waals surface area contributed by atoms with Gasteiger partial charge < -0.3 is 14.8 Å². The zero-order valence-corrected chi connectivity index (χ0v) is 16.9. The van der Waals surface area contributed by atoms with Gasteiger partial charge in [-0.05, 0) is 42.8 Å². The molecule has 0 aliphatic carbocycles. The minimum Gasteiger partial charge on any atom is -0.492 e. The van der Waals surface area contributed by atoms with E-state index in [1.54, 1.807) is 30.6 Å². The van der Waals surface area contributed by atoms with E-state index in [1.807, 2.05) is 13.0 Å². The summed E-state index contributed by atoms with van der Waals surface area (Å²) in [6.07, 6.45) is 6.25. The monoisotopic (exact) mass is 417 g/mol. The largest absolute Gasteiger partial charge is 0.492 e. The lowest BCUT2D eigenvalue weighted by molar-refractivity contribution is -0.111. The fourth-order valence-electron chi connectivity index (χ4n) is 2.81. The molecule has 2 heterocycles. The summed E-state index contributed by atoms with van der Waals surface area (Å²) in [7, 11) is -3.69. The quantitative estimate of drug-likeness (QED) is 0.694. The van der Waals surface area contributed by atoms with E-state index in [9.17, 15) is 13.2 Å². The zero-order chi connectivity index (χ0) is 20.7. The fraction of sp³-hybridized carbons (Fsp3) is 0.300. The summed E-state index contributed by atoms with van der Waals surface area (Å²) in [4.78, 5) is 16.4. The van der Waals surface area contributed by atoms with Gasteiger partial charge in [0.1, 0.15) is 5.75 Å². The van der Waals surface area contributed by atoms with Crippen LogP contribution in [0.15, 0.2) is 53.7 Å². The first-order chi connectivity index (χ1) is 14.0. The van der Waals surface area contributed by atoms with Crippen molar-refractivity contribution in [3.05, 3.63) is 54.4 Å². The van der Waals surface area contributed by atoms with E-state index in [2.05, 4.69) is 10.3 Å². The number of anilines is 1. The molecule has 1 saturated heterocycles. The Bertz CT molecular complexity index is 971. The number of benzene rings is 1. The molecule has 8 nitrogen and oxygen atoms in total. The molecule has 0 atom stereocenters. The SMILES string of the molecule is CCOc1ccc(S(=O)(=O)N2CCOCC2)cc1NC(=O)/C=C/c1cccnc1. The Kier molecular flexibility index (Phi) is 6.97. The van der Waals surface area contributed by atoms with E-state index >= 15 is 0 Å². The summed E-state index contributed by atoms with van der Waals surface area (Å²) in [5.41, 5.74) is 1.07. The highest BCUT2D eigenvalue weighted by Gasteiger charge is 2.27. The molecule has 0 saturated carbocycles. The Morgan fingerprint density at radius 3 is 2.79 bits per heavy atom. The fourth-order valence-corrected chi connectivity index (χ4v) is 4.24. The van der Waals surface area contributed by atoms with Crippen LogP contribution in [0.25, 0.3) is 6.08 Å². The topological polar surface area (TPSA) is 97.8 Å². The Balaban J connectivity index is 1.83. The van der Waals surface area contributed by atoms with Gasteiger partial charge in [0.15, 0.2) is 0 Å². The Labute approximate surface area is 170 Å². The van der Waals surface area contributed by atoms with Crippen LogP contribution in [-0.2, 0) is 19.6 Å². The number of carbonyl (C=O) groups excluding carboxylic acids is 1. The summed E-state index contributed by atoms with van der Waals surface area (Å²) in [6, 6.07) is 8.04. The van der Waals surface area contributed by atoms with Crippen LogP contribution in [0.4, 0.5) is 5.69 Å². The summed E-state index contributed by atoms with van der Waals surface area (Å²) in [6.45, 7) is 3.50. The molecule has 1 aliphatic heterocycles. The highest BCUT2D eigenvalue weighted by atomic mass is 32.2. The molecule has 1 N–H and O–H groups in total. The van der Waals surface area contributed by atoms with Gasteiger partial charge in [-0.15, -0.1) is 0 Å². The highest BCUT2D eigenvalue weighted by molar-refractivity contribution is 7.89. The molecule has 0 unspecified atom stereocenters. The number of nitrogens with one attached hydrogen (secondary N) is 1. The van der Waals surface area contributed by atoms with E-state index in [4.69, 9.17) is 9.47 Å². The number of hydrogen-bond acceptors (Lipinski definition) is 6. The summed E-state index contributed by atoms with van der Waals surface area (Å²) >= 11 is 0. The number of hydrogen-bond donors (Lipinski definition) is 1. The van der Waals surface area contributed by atoms with Crippen molar-refractivity contribution in [1.82, 2.24) is 9.29 Å². The normalized spacial score (nSPS) is 15.3. The maximum absolute atomic E-state index is 12.9. The van der Waals surface area contributed by atoms with Gasteiger partial charge in [-0.2, -0.15) is 4.31 Å². The van der Waals surface area contributed by atoms with Crippen molar-refractivity contribution in [3.63, 3.8) is 0 Å². The molecule has 154 valence electrons. The van der Waals surface area contributed by atoms with Crippen molar-refractivity contribution < 1.29 is 22.7 Å². The predicted octanol–water partition coefficient (Wildman–Crippen LogP) is 2.15. The molecule has 1 amide bonds. The van der Waals surface area contributed by atoms with Crippen LogP contribution < -0.4 is 10.1 Å². The van der Waals surface area contributed by atoms with E-state index in [1.165, 1.54) is 22.5 Å². The van der Waals surface area contributed by atoms with Crippen molar-refractivity contribution >= 4 is 27.7 Å². The number of amides is 1. The van der Waals surface area contributed by atoms with Gasteiger partial charge in [0.2, 0.25) is 15.9 Å². The lowest BCUT2D eigenvalue weighted by Gasteiger charge is -2.26. The maximum Gasteiger partial charge on any atom is 0.248 e. The van der Waals surface area contributed by atoms with Crippen LogP contribution in [0.3, 0.4) is 0 Å². The summed E-state index contributed by atoms with van der Waals surface area (Å²) < 4.78 is 37.9. The number of sulfonamides is 1. The van der Waals surface area contributed by atoms with Gasteiger partial charge in [-0.25, -0.2) is 8.42 Å². The third kappa shape index (κ3) is 5.41. The van der Waals surface area contributed by atoms with E-state index in [0.29, 0.717) is 44.3 Å². The van der Waals surface area contributed by atoms with Crippen molar-refractivity contribution in [2.45, 2.75) is 11.8 Å². The van der Waals surface area contributed by atoms with Gasteiger partial charge >= 0.3 is 0 Å². The number of carbonyl (C=O) groups is 1. The molecule has 29 heavy (non-hydrogen) atoms. The van der Waals surface area contributed by atoms with Gasteiger partial charge in [0.05, 0.1) is 30.4 Å². The molecular formula is C20H23N3O5S. The average Bonchev–Trinajstić information content (AvgIpc) is 2.75. The number of aromatic nitrogens is 1. The van der Waals surface area contributed by atoms with Crippen LogP contribution in [0, 0.1) is 0 Å². The molecule has 0 bridgehead atoms. The molecule has 3 rings (SSSR count). The van der Waals surface area contributed by atoms with Crippen molar-refractivity contribution in [2.24, 2.45) is 0 Å². The third-order valence-corrected chi connectivity index (χ3v) is 6.12. The minimum absolute atomic E-state index is 0.0920. The number of nitrogens with zero attached hydrogens (tertiary/aromatic N) is 2. The van der Waals surface area contributed by atoms with Crippen LogP contribution in [0.1, 0.15) is 12.5 Å². The minimum atomic E-state index is -3.69. The molecular weight excluding hydrogens is 394 g/mol. The molecule has 1 aliphatic rings. The van der Waals surface area contributed by atoms with E-state index in [-0.39, 0.29) is 4.90 Å². The lowest BCUT2D eigenvalue weighted by Crippen LogP contribution is -2.40. The van der Waals surface area contributed by atoms with Crippen LogP contribution in [0.2, 0.25) is 0 Å². The van der Waals surface area contributed by atoms with Gasteiger partial charge in [-0.1, -0.05) is 6.07 Å². The second-order valence-electron chi connectivity index (χ2n) is 6.22. The molecule has 1 fully saturated rings. The summed E-state index contributed by atoms with van der Waals surface area (Å²) in [5, 5.41) is 2.70. The summed E-state index contributed by atoms with van der Waals surface area (Å²) in [5.74, 6) is -0.00715. The first-order valence-corrected chi connectivity index (χ1v) is 10.7. The Morgan fingerprint density at radius 2 is 2.10 bits per heavy atom. The van der Waals surface area contributed by atoms with Crippen molar-refractivity contribution in [2.75, 3.05) is 38.2 Å². The second kappa shape index (κ2) is 9.64. The molecule has 1 aromatic carbocycles. The third-order valence-electron chi connectivity index (χ3n) is 4.23. The standard InChI is InChI=1S/C20H23N3O5S/c1-2-28-19-7-6-17(29(25,26)23-10-12-27-13-11-23)14-18(19)22-20(24)8-5-16-4-3-9-21-15-16/h3-9,14-15H,2,10-13H2,1H3,(H,22,24)/b8-5+. The Hall–Kier alpha value is -2.75. The predicted molar refractivity (Wildman–Crippen MR) is 109 cm³/mol. The molecule has 9 heteroatoms. The number of pyridine rings is 1. The van der Waals surface area contributed by atoms with E-state index in [0.717, 1.165) is 5.56 Å². The first-order valence-electron chi connectivity index (χ1n) is 9.24. The average molecular weight is 417 g/mol. The van der Waals surface area contributed by atoms with Crippen molar-refractivity contribution in [1.29, 1.82) is 0 Å². The van der Waals surface area contributed by atoms with Crippen LogP contribution >= 0.6 is 0 Å². The maximum atomic E-state index is 12.9. The Morgan fingerprint density at radius 1 is 1.31 bits per heavy atom. The number of ether oxygens (including phenoxy) is 2. The van der Waals surface area contributed by atoms with Gasteiger partial charge in [0.25, 0.3) is 0 Å². The number of morpholine rings is 1. The first kappa shape index (κ1) is 21.0. The van der Waals surface area contributed by atoms with Gasteiger partial charge in [0, 0.05) is 31.6 Å². The lowest BCUT2D eigenvalue weighted by atomic mass is 10.2. The van der Waals surface area contributed by atoms with E-state index < -0.39 is 15.9 Å². The van der Waals surface area contributed by atoms with Crippen LogP contribution in [0.5, 0.6) is 5.75 Å². The second-order valence-corrected chi connectivity index (χ2v) is 8.15. The van der Waals surface area contributed by atoms with Crippen LogP contribution in [-0.4, -0.2) is 56.5 Å². The molecule has 2 aromatic rings. The number of rotatable bonds is 7. The molecule has 1 aromatic heterocycles. The highest BCUT2D eigenvalue weighted by Crippen LogP contribution is 2.29.